The number of halogens is 4. The van der Waals surface area contributed by atoms with Gasteiger partial charge in [-0.2, -0.15) is 20.4 Å². The number of aromatic amines is 4. The zero-order chi connectivity index (χ0) is 95.2. The number of carboxylic acids is 1. The largest absolute Gasteiger partial charge is 0.490 e. The van der Waals surface area contributed by atoms with Crippen molar-refractivity contribution in [1.82, 2.24) is 89.1 Å². The molecule has 0 aliphatic carbocycles. The van der Waals surface area contributed by atoms with Gasteiger partial charge in [0.1, 0.15) is 56.3 Å². The van der Waals surface area contributed by atoms with Crippen LogP contribution in [0.25, 0.3) is 87.9 Å². The molecule has 3 atom stereocenters. The van der Waals surface area contributed by atoms with E-state index in [0.717, 1.165) is 133 Å². The number of H-pyrrole nitrogens is 4. The Kier molecular flexibility index (Phi) is 35.6. The molecule has 0 radical (unpaired) electrons. The molecule has 4 aromatic carbocycles. The number of aliphatic carboxylic acids is 1. The average molecular weight is 1970 g/mol. The molecule has 3 fully saturated rings. The molecule has 15 N–H and O–H groups in total. The van der Waals surface area contributed by atoms with Crippen molar-refractivity contribution >= 4 is 151 Å². The number of nitrogen functional groups attached to an aromatic ring is 4. The van der Waals surface area contributed by atoms with Crippen molar-refractivity contribution in [2.45, 2.75) is 201 Å². The fourth-order valence-corrected chi connectivity index (χ4v) is 14.5. The Balaban J connectivity index is 0.000000171. The molecule has 8 aromatic heterocycles. The standard InChI is InChI=1S/C26H33N7O3.C21H25N7O2.C14H18BN3O3.C14H16ClN3O.C12H17IN4O2.C2H2Cl2O2/c1-6-32(25(34)36-26(2,3)4)16-21-30-23(24(28-5)31-21)18-11-10-17(15-19(18)27)20-12-13-29-33(20)22-9-7-8-14-35-22;1-5-28(20(29)30-21(2,3)4)11-16-25-17-13-7-6-12(14-8-9-23-27-14)10-15(13)24-19(22)18(17)26-16;16-12-9-10(4-5-11(12)15(19)20)13-6-7-17-18(13)14-3-1-2-8-21-14;15-11-5-4-10(9-12(11)16)13-6-7-17-18(13)14-3-1-2-8-19-14;1-6-17(11(18)19-12(2,3)4)7-8-15-9(13)10(14-5)16-8;3-1(4)2(5)6/h10-13,15,22H,6-9,14,16,27H2,1-4H3,(H,30,31);6-10H,5,11H2,1-4H3,(H2,22,24)(H,23,27)(H,25,26);4-7,9,14,19-20H,1-3,8,16H2;4-7,9,14H,1-3,8,16H2;6-7H2,1-4H3,(H,15,16);1H,(H,5,6). The molecule has 696 valence electrons. The maximum Gasteiger partial charge on any atom is 0.490 e. The van der Waals surface area contributed by atoms with E-state index in [4.69, 9.17) is 109 Å². The molecular weight excluding hydrogens is 1860 g/mol. The zero-order valence-electron chi connectivity index (χ0n) is 75.1. The number of hydrogen-bond donors (Lipinski definition) is 11. The smallest absolute Gasteiger partial charge is 0.479 e. The van der Waals surface area contributed by atoms with Gasteiger partial charge in [-0.25, -0.2) is 53.2 Å². The first-order valence-corrected chi connectivity index (χ1v) is 44.9. The van der Waals surface area contributed by atoms with E-state index in [0.29, 0.717) is 103 Å². The molecule has 3 saturated heterocycles. The van der Waals surface area contributed by atoms with Crippen LogP contribution in [0.5, 0.6) is 0 Å². The molecule has 11 heterocycles. The number of anilines is 4. The number of nitrogens with one attached hydrogen (secondary N) is 4. The molecule has 37 nitrogen and oxygen atoms in total. The number of alkyl halides is 2. The van der Waals surface area contributed by atoms with E-state index >= 15 is 0 Å². The third-order valence-electron chi connectivity index (χ3n) is 20.1. The molecule has 3 aliphatic rings. The number of benzene rings is 4. The third kappa shape index (κ3) is 28.0. The minimum absolute atomic E-state index is 0.0238. The predicted octanol–water partition coefficient (Wildman–Crippen LogP) is 17.6. The topological polar surface area (TPSA) is 488 Å². The summed E-state index contributed by atoms with van der Waals surface area (Å²) in [6.07, 6.45) is 15.2. The highest BCUT2D eigenvalue weighted by molar-refractivity contribution is 14.1. The monoisotopic (exact) mass is 1970 g/mol. The van der Waals surface area contributed by atoms with Gasteiger partial charge in [0.2, 0.25) is 4.84 Å². The molecule has 12 aromatic rings. The summed E-state index contributed by atoms with van der Waals surface area (Å²) < 4.78 is 40.0. The van der Waals surface area contributed by atoms with Gasteiger partial charge < -0.3 is 86.1 Å². The summed E-state index contributed by atoms with van der Waals surface area (Å²) in [7, 11) is -1.56. The van der Waals surface area contributed by atoms with Crippen molar-refractivity contribution in [1.29, 1.82) is 0 Å². The number of hydrogen-bond acceptors (Lipinski definition) is 24. The number of aromatic nitrogens is 15. The number of nitrogens with two attached hydrogens (primary N) is 4. The average Bonchev–Trinajstić information content (AvgIpc) is 1.65. The molecule has 0 spiro atoms. The van der Waals surface area contributed by atoms with Crippen LogP contribution in [0.15, 0.2) is 122 Å². The highest BCUT2D eigenvalue weighted by Gasteiger charge is 2.30. The summed E-state index contributed by atoms with van der Waals surface area (Å²) in [6.45, 7) is 41.2. The SMILES string of the molecule is CCN(Cc1nc2c([nH]1)c(N)nc1cc(-c3ccn[nH]3)ccc12)C(=O)OC(C)(C)C.Nc1cc(-c2ccnn2C2CCCCO2)ccc1B(O)O.Nc1cc(-c2ccnn2C2CCCCO2)ccc1Cl.O=C(O)C(Cl)Cl.[C-]#[N+]c1[nH]c(CN(CC)C(=O)OC(C)(C)C)nc1-c1ccc(-c2ccnn2C2CCCCO2)cc1N.[C-]#[N+]c1[nH]c(CN(CC)C(=O)OC(C)(C)C)nc1I. The maximum atomic E-state index is 12.5. The highest BCUT2D eigenvalue weighted by Crippen LogP contribution is 2.39. The zero-order valence-corrected chi connectivity index (χ0v) is 79.5. The molecule has 131 heavy (non-hydrogen) atoms. The number of ether oxygens (including phenoxy) is 6. The number of imidazole rings is 3. The normalized spacial score (nSPS) is 14.9. The fourth-order valence-electron chi connectivity index (χ4n) is 13.9. The number of carboxylic acid groups (broad SMARTS) is 1. The van der Waals surface area contributed by atoms with E-state index in [9.17, 15) is 29.2 Å². The van der Waals surface area contributed by atoms with Crippen molar-refractivity contribution in [2.75, 3.05) is 62.4 Å². The van der Waals surface area contributed by atoms with Crippen molar-refractivity contribution in [2.24, 2.45) is 0 Å². The number of carbonyl (C=O) groups is 4. The Labute approximate surface area is 787 Å². The number of rotatable bonds is 19. The van der Waals surface area contributed by atoms with Crippen LogP contribution < -0.4 is 28.4 Å². The fraction of sp³-hybridized carbons (Fsp3) is 0.416. The lowest BCUT2D eigenvalue weighted by Crippen LogP contribution is -2.36. The van der Waals surface area contributed by atoms with E-state index in [1.54, 1.807) is 41.8 Å². The lowest BCUT2D eigenvalue weighted by Gasteiger charge is -2.25. The molecule has 3 aliphatic heterocycles. The second kappa shape index (κ2) is 46.2. The number of amides is 3. The second-order valence-corrected chi connectivity index (χ2v) is 35.9. The van der Waals surface area contributed by atoms with E-state index in [2.05, 4.69) is 65.1 Å². The van der Waals surface area contributed by atoms with Crippen LogP contribution in [0.4, 0.5) is 48.9 Å². The Hall–Kier alpha value is -12.1. The van der Waals surface area contributed by atoms with Crippen LogP contribution in [-0.2, 0) is 52.8 Å². The lowest BCUT2D eigenvalue weighted by molar-refractivity contribution is -0.135. The molecule has 3 unspecified atom stereocenters. The third-order valence-corrected chi connectivity index (χ3v) is 21.6. The van der Waals surface area contributed by atoms with Gasteiger partial charge in [-0.15, -0.1) is 0 Å². The van der Waals surface area contributed by atoms with E-state index in [-0.39, 0.29) is 49.8 Å². The van der Waals surface area contributed by atoms with Gasteiger partial charge in [-0.05, 0) is 224 Å². The van der Waals surface area contributed by atoms with Gasteiger partial charge in [0.05, 0.1) is 51.2 Å². The van der Waals surface area contributed by atoms with Gasteiger partial charge in [-0.3, -0.25) is 24.9 Å². The molecule has 15 rings (SSSR count). The van der Waals surface area contributed by atoms with Crippen LogP contribution in [0.1, 0.15) is 177 Å². The number of fused-ring (bicyclic) bond motifs is 3. The van der Waals surface area contributed by atoms with Crippen molar-refractivity contribution in [3.63, 3.8) is 0 Å². The molecule has 3 amide bonds. The summed E-state index contributed by atoms with van der Waals surface area (Å²) in [4.78, 5) is 83.9. The van der Waals surface area contributed by atoms with E-state index in [1.807, 2.05) is 205 Å². The molecule has 42 heteroatoms. The first kappa shape index (κ1) is 101. The molecular formula is C89H111BCl3IN24O13. The first-order valence-electron chi connectivity index (χ1n) is 42.6. The van der Waals surface area contributed by atoms with Crippen LogP contribution in [-0.4, -0.2) is 197 Å². The summed E-state index contributed by atoms with van der Waals surface area (Å²) in [5.74, 6) is 1.51. The van der Waals surface area contributed by atoms with Crippen LogP contribution >= 0.6 is 57.4 Å². The van der Waals surface area contributed by atoms with Gasteiger partial charge in [0.25, 0.3) is 11.6 Å². The Morgan fingerprint density at radius 2 is 0.985 bits per heavy atom. The minimum Gasteiger partial charge on any atom is -0.479 e. The summed E-state index contributed by atoms with van der Waals surface area (Å²) in [6, 6.07) is 30.1. The molecule has 0 bridgehead atoms. The summed E-state index contributed by atoms with van der Waals surface area (Å²) in [5.41, 5.74) is 35.2. The van der Waals surface area contributed by atoms with E-state index in [1.165, 1.54) is 16.2 Å². The number of nitrogens with zero attached hydrogens (tertiary/aromatic N) is 16. The number of pyridine rings is 1. The van der Waals surface area contributed by atoms with Crippen LogP contribution in [0.2, 0.25) is 5.02 Å². The van der Waals surface area contributed by atoms with Gasteiger partial charge in [-0.1, -0.05) is 84.3 Å². The molecule has 0 saturated carbocycles. The summed E-state index contributed by atoms with van der Waals surface area (Å²) >= 11 is 17.5. The summed E-state index contributed by atoms with van der Waals surface area (Å²) in [5, 5.41) is 47.8. The Morgan fingerprint density at radius 1 is 0.557 bits per heavy atom. The van der Waals surface area contributed by atoms with Crippen LogP contribution in [0, 0.1) is 16.8 Å². The maximum absolute atomic E-state index is 12.5. The Bertz CT molecular complexity index is 5920. The quantitative estimate of drug-likeness (QED) is 0.00894. The van der Waals surface area contributed by atoms with Gasteiger partial charge >= 0.3 is 31.4 Å². The second-order valence-electron chi connectivity index (χ2n) is 33.4. The van der Waals surface area contributed by atoms with Crippen molar-refractivity contribution in [3.05, 3.63) is 171 Å². The highest BCUT2D eigenvalue weighted by atomic mass is 127. The lowest BCUT2D eigenvalue weighted by atomic mass is 9.78. The van der Waals surface area contributed by atoms with Gasteiger partial charge in [0.15, 0.2) is 30.3 Å². The number of carbonyl (C=O) groups excluding carboxylic acids is 3. The first-order chi connectivity index (χ1) is 62.3. The van der Waals surface area contributed by atoms with Crippen molar-refractivity contribution in [3.8, 4) is 56.3 Å². The van der Waals surface area contributed by atoms with Gasteiger partial charge in [0, 0.05) is 114 Å². The predicted molar refractivity (Wildman–Crippen MR) is 512 cm³/mol. The van der Waals surface area contributed by atoms with Crippen molar-refractivity contribution < 1.29 is 62.8 Å². The minimum atomic E-state index is -1.56. The van der Waals surface area contributed by atoms with Crippen LogP contribution in [0.3, 0.4) is 0 Å². The Morgan fingerprint density at radius 3 is 1.37 bits per heavy atom. The van der Waals surface area contributed by atoms with E-state index < -0.39 is 40.8 Å².